The average molecular weight is 257 g/mol. The van der Waals surface area contributed by atoms with E-state index in [1.807, 2.05) is 70.9 Å². The third-order valence-corrected chi connectivity index (χ3v) is 2.89. The Bertz CT molecular complexity index is 457. The van der Waals surface area contributed by atoms with Crippen LogP contribution in [-0.2, 0) is 12.6 Å². The highest BCUT2D eigenvalue weighted by Gasteiger charge is 2.23. The first kappa shape index (κ1) is 11.4. The van der Waals surface area contributed by atoms with Crippen LogP contribution in [0.2, 0.25) is 0 Å². The van der Waals surface area contributed by atoms with Gasteiger partial charge < -0.3 is 12.6 Å². The van der Waals surface area contributed by atoms with Gasteiger partial charge in [-0.05, 0) is 29.8 Å². The second-order valence-corrected chi connectivity index (χ2v) is 4.40. The lowest BCUT2D eigenvalue weighted by molar-refractivity contribution is 0.728. The molecular formula is C13H13N4S-. The molecule has 1 aliphatic rings. The third-order valence-electron chi connectivity index (χ3n) is 2.68. The van der Waals surface area contributed by atoms with Gasteiger partial charge in [0.05, 0.1) is 11.4 Å². The Hall–Kier alpha value is -1.69. The van der Waals surface area contributed by atoms with Crippen molar-refractivity contribution in [3.8, 4) is 0 Å². The zero-order valence-electron chi connectivity index (χ0n) is 9.65. The molecule has 3 rings (SSSR count). The van der Waals surface area contributed by atoms with E-state index in [4.69, 9.17) is 12.6 Å². The van der Waals surface area contributed by atoms with Crippen LogP contribution in [0.5, 0.6) is 0 Å². The van der Waals surface area contributed by atoms with Crippen LogP contribution in [0.25, 0.3) is 0 Å². The molecule has 0 radical (unpaired) electrons. The number of para-hydroxylation sites is 2. The summed E-state index contributed by atoms with van der Waals surface area (Å²) in [6.45, 7) is 0. The van der Waals surface area contributed by atoms with Crippen molar-refractivity contribution in [3.63, 3.8) is 0 Å². The van der Waals surface area contributed by atoms with E-state index in [2.05, 4.69) is 10.9 Å². The molecule has 1 saturated heterocycles. The summed E-state index contributed by atoms with van der Waals surface area (Å²) in [5, 5.41) is 3.82. The van der Waals surface area contributed by atoms with Gasteiger partial charge in [0, 0.05) is 0 Å². The molecule has 0 bridgehead atoms. The molecule has 0 saturated carbocycles. The molecule has 92 valence electrons. The van der Waals surface area contributed by atoms with Crippen molar-refractivity contribution < 1.29 is 0 Å². The first-order valence-electron chi connectivity index (χ1n) is 5.73. The number of rotatable bonds is 2. The van der Waals surface area contributed by atoms with Crippen LogP contribution in [0.1, 0.15) is 0 Å². The van der Waals surface area contributed by atoms with Gasteiger partial charge in [-0.15, -0.1) is 0 Å². The van der Waals surface area contributed by atoms with Crippen LogP contribution in [-0.4, -0.2) is 5.50 Å². The van der Waals surface area contributed by atoms with Gasteiger partial charge in [-0.2, -0.15) is 0 Å². The number of hydrogen-bond donors (Lipinski definition) is 2. The third kappa shape index (κ3) is 2.15. The Morgan fingerprint density at radius 1 is 0.722 bits per heavy atom. The first-order chi connectivity index (χ1) is 8.84. The summed E-state index contributed by atoms with van der Waals surface area (Å²) in [4.78, 5) is 0. The Balaban J connectivity index is 1.93. The van der Waals surface area contributed by atoms with Gasteiger partial charge in [0.2, 0.25) is 0 Å². The molecular weight excluding hydrogens is 244 g/mol. The predicted molar refractivity (Wildman–Crippen MR) is 75.3 cm³/mol. The average Bonchev–Trinajstić information content (AvgIpc) is 2.83. The summed E-state index contributed by atoms with van der Waals surface area (Å²) >= 11 is 5.25. The van der Waals surface area contributed by atoms with E-state index in [1.165, 1.54) is 0 Å². The standard InChI is InChI=1S/C13H14N4S/c18-13-14-16(11-7-3-1-4-8-11)17(15-13)12-9-5-2-6-10-12/h1-10,13-15,18H/p-1. The lowest BCUT2D eigenvalue weighted by Gasteiger charge is -2.29. The maximum Gasteiger partial charge on any atom is 0.0773 e. The number of nitrogens with zero attached hydrogens (tertiary/aromatic N) is 2. The second kappa shape index (κ2) is 4.89. The Morgan fingerprint density at radius 3 is 1.50 bits per heavy atom. The minimum Gasteiger partial charge on any atom is -0.755 e. The van der Waals surface area contributed by atoms with Gasteiger partial charge in [0.1, 0.15) is 0 Å². The van der Waals surface area contributed by atoms with Gasteiger partial charge in [0.25, 0.3) is 0 Å². The van der Waals surface area contributed by atoms with E-state index in [1.54, 1.807) is 0 Å². The van der Waals surface area contributed by atoms with Crippen LogP contribution < -0.4 is 21.1 Å². The van der Waals surface area contributed by atoms with Crippen molar-refractivity contribution in [1.82, 2.24) is 10.9 Å². The quantitative estimate of drug-likeness (QED) is 0.801. The molecule has 2 N–H and O–H groups in total. The summed E-state index contributed by atoms with van der Waals surface area (Å²) in [5.41, 5.74) is 8.19. The first-order valence-corrected chi connectivity index (χ1v) is 6.20. The summed E-state index contributed by atoms with van der Waals surface area (Å²) in [5.74, 6) is 0. The molecule has 1 fully saturated rings. The fraction of sp³-hybridized carbons (Fsp3) is 0.0769. The number of hydrazine groups is 3. The van der Waals surface area contributed by atoms with Crippen molar-refractivity contribution in [2.75, 3.05) is 10.2 Å². The predicted octanol–water partition coefficient (Wildman–Crippen LogP) is 1.77. The number of hydrogen-bond acceptors (Lipinski definition) is 5. The maximum atomic E-state index is 5.25. The number of nitrogens with one attached hydrogen (secondary N) is 2. The smallest absolute Gasteiger partial charge is 0.0773 e. The summed E-state index contributed by atoms with van der Waals surface area (Å²) < 4.78 is 0. The molecule has 4 nitrogen and oxygen atoms in total. The van der Waals surface area contributed by atoms with Crippen molar-refractivity contribution in [2.24, 2.45) is 0 Å². The molecule has 0 spiro atoms. The molecule has 0 unspecified atom stereocenters. The molecule has 0 atom stereocenters. The van der Waals surface area contributed by atoms with Crippen LogP contribution in [0.3, 0.4) is 0 Å². The maximum absolute atomic E-state index is 5.25. The van der Waals surface area contributed by atoms with Crippen molar-refractivity contribution >= 4 is 24.0 Å². The highest BCUT2D eigenvalue weighted by Crippen LogP contribution is 2.22. The van der Waals surface area contributed by atoms with E-state index in [9.17, 15) is 0 Å². The topological polar surface area (TPSA) is 30.5 Å². The molecule has 0 aliphatic carbocycles. The van der Waals surface area contributed by atoms with Gasteiger partial charge in [-0.25, -0.2) is 21.1 Å². The van der Waals surface area contributed by atoms with Crippen LogP contribution in [0.15, 0.2) is 60.7 Å². The van der Waals surface area contributed by atoms with Crippen molar-refractivity contribution in [3.05, 3.63) is 60.7 Å². The summed E-state index contributed by atoms with van der Waals surface area (Å²) in [6, 6.07) is 20.1. The molecule has 1 aliphatic heterocycles. The summed E-state index contributed by atoms with van der Waals surface area (Å²) in [7, 11) is 0. The van der Waals surface area contributed by atoms with Crippen LogP contribution >= 0.6 is 0 Å². The lowest BCUT2D eigenvalue weighted by Crippen LogP contribution is -2.45. The molecule has 2 aromatic carbocycles. The monoisotopic (exact) mass is 257 g/mol. The highest BCUT2D eigenvalue weighted by atomic mass is 32.1. The molecule has 5 heteroatoms. The van der Waals surface area contributed by atoms with E-state index in [0.29, 0.717) is 0 Å². The van der Waals surface area contributed by atoms with Crippen molar-refractivity contribution in [2.45, 2.75) is 5.50 Å². The zero-order valence-corrected chi connectivity index (χ0v) is 10.5. The van der Waals surface area contributed by atoms with Gasteiger partial charge >= 0.3 is 0 Å². The Kier molecular flexibility index (Phi) is 3.10. The van der Waals surface area contributed by atoms with E-state index < -0.39 is 0 Å². The fourth-order valence-corrected chi connectivity index (χ4v) is 2.08. The van der Waals surface area contributed by atoms with Gasteiger partial charge in [0.15, 0.2) is 0 Å². The minimum absolute atomic E-state index is 0.231. The SMILES string of the molecule is [S-]C1NN(c2ccccc2)N(c2ccccc2)N1. The Labute approximate surface area is 112 Å². The van der Waals surface area contributed by atoms with Gasteiger partial charge in [-0.1, -0.05) is 36.4 Å². The number of anilines is 2. The molecule has 1 heterocycles. The fourth-order valence-electron chi connectivity index (χ4n) is 1.88. The molecule has 2 aromatic rings. The Morgan fingerprint density at radius 2 is 1.11 bits per heavy atom. The molecule has 18 heavy (non-hydrogen) atoms. The molecule has 0 amide bonds. The normalized spacial score (nSPS) is 16.3. The largest absolute Gasteiger partial charge is 0.755 e. The van der Waals surface area contributed by atoms with E-state index in [0.717, 1.165) is 11.4 Å². The summed E-state index contributed by atoms with van der Waals surface area (Å²) in [6.07, 6.45) is 0. The highest BCUT2D eigenvalue weighted by molar-refractivity contribution is 7.59. The lowest BCUT2D eigenvalue weighted by atomic mass is 10.3. The van der Waals surface area contributed by atoms with E-state index >= 15 is 0 Å². The van der Waals surface area contributed by atoms with Crippen LogP contribution in [0, 0.1) is 0 Å². The number of benzene rings is 2. The molecule has 0 aromatic heterocycles. The second-order valence-electron chi connectivity index (χ2n) is 3.93. The van der Waals surface area contributed by atoms with Crippen molar-refractivity contribution in [1.29, 1.82) is 0 Å². The van der Waals surface area contributed by atoms with Gasteiger partial charge in [-0.3, -0.25) is 0 Å². The zero-order chi connectivity index (χ0) is 12.4. The van der Waals surface area contributed by atoms with E-state index in [-0.39, 0.29) is 5.50 Å². The van der Waals surface area contributed by atoms with Crippen LogP contribution in [0.4, 0.5) is 11.4 Å². The minimum atomic E-state index is -0.231.